The van der Waals surface area contributed by atoms with Crippen LogP contribution in [-0.2, 0) is 11.2 Å². The third-order valence-corrected chi connectivity index (χ3v) is 5.07. The molecule has 0 radical (unpaired) electrons. The van der Waals surface area contributed by atoms with Crippen LogP contribution in [0.3, 0.4) is 0 Å². The molecular weight excluding hydrogens is 276 g/mol. The van der Waals surface area contributed by atoms with E-state index in [1.807, 2.05) is 6.07 Å². The minimum absolute atomic E-state index is 0.168. The van der Waals surface area contributed by atoms with E-state index >= 15 is 0 Å². The lowest BCUT2D eigenvalue weighted by Gasteiger charge is -2.31. The zero-order chi connectivity index (χ0) is 15.5. The highest BCUT2D eigenvalue weighted by Gasteiger charge is 2.27. The Morgan fingerprint density at radius 3 is 2.77 bits per heavy atom. The third-order valence-electron chi connectivity index (χ3n) is 5.07. The zero-order valence-electron chi connectivity index (χ0n) is 13.6. The highest BCUT2D eigenvalue weighted by molar-refractivity contribution is 5.79. The lowest BCUT2D eigenvalue weighted by molar-refractivity contribution is -0.127. The number of aryl methyl sites for hydroxylation is 1. The van der Waals surface area contributed by atoms with E-state index in [0.717, 1.165) is 50.9 Å². The molecule has 1 aliphatic heterocycles. The van der Waals surface area contributed by atoms with Gasteiger partial charge in [-0.3, -0.25) is 4.79 Å². The molecule has 0 saturated carbocycles. The summed E-state index contributed by atoms with van der Waals surface area (Å²) in [4.78, 5) is 14.8. The van der Waals surface area contributed by atoms with Crippen molar-refractivity contribution in [2.75, 3.05) is 27.2 Å². The van der Waals surface area contributed by atoms with Gasteiger partial charge in [0.05, 0.1) is 13.2 Å². The summed E-state index contributed by atoms with van der Waals surface area (Å²) in [7, 11) is 3.82. The fourth-order valence-corrected chi connectivity index (χ4v) is 3.63. The Bertz CT molecular complexity index is 536. The Morgan fingerprint density at radius 1 is 1.27 bits per heavy atom. The highest BCUT2D eigenvalue weighted by Crippen LogP contribution is 2.32. The number of piperidine rings is 1. The van der Waals surface area contributed by atoms with Crippen LogP contribution in [0.2, 0.25) is 0 Å². The standard InChI is InChI=1S/C18H26N2O2/c1-20-10-8-13(9-11-20)18(21)19-17-5-3-4-14-12-15(22-2)6-7-16(14)17/h6-7,12-13,17H,3-5,8-11H2,1-2H3,(H,19,21)/t17-/m1/s1. The molecule has 0 unspecified atom stereocenters. The van der Waals surface area contributed by atoms with Gasteiger partial charge in [0.1, 0.15) is 5.75 Å². The van der Waals surface area contributed by atoms with Crippen molar-refractivity contribution in [2.45, 2.75) is 38.1 Å². The van der Waals surface area contributed by atoms with Crippen LogP contribution in [-0.4, -0.2) is 38.1 Å². The van der Waals surface area contributed by atoms with Crippen LogP contribution in [0.25, 0.3) is 0 Å². The quantitative estimate of drug-likeness (QED) is 0.933. The van der Waals surface area contributed by atoms with Gasteiger partial charge in [-0.15, -0.1) is 0 Å². The summed E-state index contributed by atoms with van der Waals surface area (Å²) in [6.07, 6.45) is 5.19. The van der Waals surface area contributed by atoms with Gasteiger partial charge in [-0.05, 0) is 75.5 Å². The Hall–Kier alpha value is -1.55. The number of nitrogens with one attached hydrogen (secondary N) is 1. The Labute approximate surface area is 132 Å². The molecule has 1 aromatic rings. The average molecular weight is 302 g/mol. The molecule has 3 rings (SSSR count). The van der Waals surface area contributed by atoms with E-state index in [0.29, 0.717) is 0 Å². The first-order valence-corrected chi connectivity index (χ1v) is 8.33. The molecule has 1 fully saturated rings. The predicted molar refractivity (Wildman–Crippen MR) is 87.0 cm³/mol. The molecule has 0 spiro atoms. The number of carbonyl (C=O) groups excluding carboxylic acids is 1. The number of hydrogen-bond donors (Lipinski definition) is 1. The van der Waals surface area contributed by atoms with Crippen LogP contribution >= 0.6 is 0 Å². The molecule has 2 aliphatic rings. The molecule has 22 heavy (non-hydrogen) atoms. The number of carbonyl (C=O) groups is 1. The van der Waals surface area contributed by atoms with Crippen molar-refractivity contribution < 1.29 is 9.53 Å². The number of likely N-dealkylation sites (tertiary alicyclic amines) is 1. The largest absolute Gasteiger partial charge is 0.497 e. The van der Waals surface area contributed by atoms with Crippen molar-refractivity contribution in [3.05, 3.63) is 29.3 Å². The van der Waals surface area contributed by atoms with Crippen molar-refractivity contribution in [3.8, 4) is 5.75 Å². The van der Waals surface area contributed by atoms with Gasteiger partial charge in [0, 0.05) is 5.92 Å². The molecule has 0 aromatic heterocycles. The zero-order valence-corrected chi connectivity index (χ0v) is 13.6. The number of methoxy groups -OCH3 is 1. The maximum atomic E-state index is 12.6. The molecule has 1 saturated heterocycles. The van der Waals surface area contributed by atoms with Gasteiger partial charge in [-0.1, -0.05) is 6.07 Å². The van der Waals surface area contributed by atoms with Gasteiger partial charge >= 0.3 is 0 Å². The normalized spacial score (nSPS) is 22.9. The van der Waals surface area contributed by atoms with Crippen LogP contribution < -0.4 is 10.1 Å². The number of ether oxygens (including phenoxy) is 1. The van der Waals surface area contributed by atoms with Crippen LogP contribution in [0.1, 0.15) is 42.9 Å². The lowest BCUT2D eigenvalue weighted by Crippen LogP contribution is -2.40. The molecule has 1 amide bonds. The van der Waals surface area contributed by atoms with Crippen molar-refractivity contribution >= 4 is 5.91 Å². The first-order chi connectivity index (χ1) is 10.7. The second-order valence-corrected chi connectivity index (χ2v) is 6.60. The molecular formula is C18H26N2O2. The first-order valence-electron chi connectivity index (χ1n) is 8.33. The summed E-state index contributed by atoms with van der Waals surface area (Å²) >= 11 is 0. The number of nitrogens with zero attached hydrogens (tertiary/aromatic N) is 1. The van der Waals surface area contributed by atoms with Crippen molar-refractivity contribution in [2.24, 2.45) is 5.92 Å². The van der Waals surface area contributed by atoms with E-state index in [1.165, 1.54) is 11.1 Å². The van der Waals surface area contributed by atoms with Gasteiger partial charge in [-0.2, -0.15) is 0 Å². The molecule has 1 N–H and O–H groups in total. The molecule has 1 aliphatic carbocycles. The monoisotopic (exact) mass is 302 g/mol. The Kier molecular flexibility index (Phi) is 4.67. The number of benzene rings is 1. The maximum Gasteiger partial charge on any atom is 0.223 e. The molecule has 120 valence electrons. The van der Waals surface area contributed by atoms with Crippen LogP contribution in [0.4, 0.5) is 0 Å². The molecule has 4 nitrogen and oxygen atoms in total. The topological polar surface area (TPSA) is 41.6 Å². The van der Waals surface area contributed by atoms with E-state index in [2.05, 4.69) is 29.4 Å². The molecule has 0 bridgehead atoms. The Morgan fingerprint density at radius 2 is 2.05 bits per heavy atom. The maximum absolute atomic E-state index is 12.6. The fourth-order valence-electron chi connectivity index (χ4n) is 3.63. The Balaban J connectivity index is 1.68. The predicted octanol–water partition coefficient (Wildman–Crippen LogP) is 2.53. The average Bonchev–Trinajstić information content (AvgIpc) is 2.55. The molecule has 1 heterocycles. The van der Waals surface area contributed by atoms with Gasteiger partial charge in [-0.25, -0.2) is 0 Å². The van der Waals surface area contributed by atoms with E-state index in [9.17, 15) is 4.79 Å². The van der Waals surface area contributed by atoms with Crippen LogP contribution in [0.5, 0.6) is 5.75 Å². The van der Waals surface area contributed by atoms with E-state index in [1.54, 1.807) is 7.11 Å². The fraction of sp³-hybridized carbons (Fsp3) is 0.611. The van der Waals surface area contributed by atoms with Crippen molar-refractivity contribution in [1.29, 1.82) is 0 Å². The lowest BCUT2D eigenvalue weighted by atomic mass is 9.86. The second kappa shape index (κ2) is 6.69. The number of hydrogen-bond acceptors (Lipinski definition) is 3. The highest BCUT2D eigenvalue weighted by atomic mass is 16.5. The van der Waals surface area contributed by atoms with Gasteiger partial charge < -0.3 is 15.0 Å². The van der Waals surface area contributed by atoms with E-state index in [-0.39, 0.29) is 17.9 Å². The number of amides is 1. The second-order valence-electron chi connectivity index (χ2n) is 6.60. The number of fused-ring (bicyclic) bond motifs is 1. The number of rotatable bonds is 3. The van der Waals surface area contributed by atoms with Crippen LogP contribution in [0, 0.1) is 5.92 Å². The van der Waals surface area contributed by atoms with E-state index in [4.69, 9.17) is 4.74 Å². The van der Waals surface area contributed by atoms with Crippen molar-refractivity contribution in [1.82, 2.24) is 10.2 Å². The SMILES string of the molecule is COc1ccc2c(c1)CCC[C@H]2NC(=O)C1CCN(C)CC1. The van der Waals surface area contributed by atoms with Gasteiger partial charge in [0.2, 0.25) is 5.91 Å². The summed E-state index contributed by atoms with van der Waals surface area (Å²) in [6, 6.07) is 6.40. The minimum Gasteiger partial charge on any atom is -0.497 e. The molecule has 4 heteroatoms. The minimum atomic E-state index is 0.168. The summed E-state index contributed by atoms with van der Waals surface area (Å²) in [6.45, 7) is 2.05. The summed E-state index contributed by atoms with van der Waals surface area (Å²) in [5, 5.41) is 3.30. The molecule has 1 aromatic carbocycles. The summed E-state index contributed by atoms with van der Waals surface area (Å²) < 4.78 is 5.31. The van der Waals surface area contributed by atoms with Crippen LogP contribution in [0.15, 0.2) is 18.2 Å². The van der Waals surface area contributed by atoms with Gasteiger partial charge in [0.15, 0.2) is 0 Å². The molecule has 1 atom stereocenters. The first kappa shape index (κ1) is 15.3. The van der Waals surface area contributed by atoms with Crippen molar-refractivity contribution in [3.63, 3.8) is 0 Å². The smallest absolute Gasteiger partial charge is 0.223 e. The summed E-state index contributed by atoms with van der Waals surface area (Å²) in [5.41, 5.74) is 2.59. The van der Waals surface area contributed by atoms with E-state index < -0.39 is 0 Å². The third kappa shape index (κ3) is 3.27. The van der Waals surface area contributed by atoms with Gasteiger partial charge in [0.25, 0.3) is 0 Å². The summed E-state index contributed by atoms with van der Waals surface area (Å²) in [5.74, 6) is 1.32.